The monoisotopic (exact) mass is 305 g/mol. The van der Waals surface area contributed by atoms with E-state index in [4.69, 9.17) is 10.2 Å². The summed E-state index contributed by atoms with van der Waals surface area (Å²) in [6.07, 6.45) is 2.26. The Morgan fingerprint density at radius 3 is 2.64 bits per heavy atom. The Bertz CT molecular complexity index is 615. The van der Waals surface area contributed by atoms with Gasteiger partial charge in [-0.15, -0.1) is 0 Å². The van der Waals surface area contributed by atoms with Gasteiger partial charge in [0.05, 0.1) is 11.7 Å². The van der Waals surface area contributed by atoms with Gasteiger partial charge in [-0.05, 0) is 37.0 Å². The minimum Gasteiger partial charge on any atom is -0.480 e. The molecule has 1 saturated heterocycles. The van der Waals surface area contributed by atoms with Crippen LogP contribution in [0.4, 0.5) is 11.4 Å². The summed E-state index contributed by atoms with van der Waals surface area (Å²) in [6.45, 7) is 2.21. The van der Waals surface area contributed by atoms with Gasteiger partial charge in [-0.3, -0.25) is 9.59 Å². The molecule has 0 spiro atoms. The van der Waals surface area contributed by atoms with Crippen molar-refractivity contribution < 1.29 is 19.8 Å². The molecule has 1 unspecified atom stereocenters. The molecular formula is C15H19N3O4. The zero-order chi connectivity index (χ0) is 15.9. The second-order valence-corrected chi connectivity index (χ2v) is 5.83. The van der Waals surface area contributed by atoms with E-state index < -0.39 is 11.9 Å². The second kappa shape index (κ2) is 5.49. The standard InChI is InChI=1S/C15H19N3O4/c1-9-5-10-11(16-18-4-2-3-12(10)18)6-13(9)17(7-14(19)20)8-15(21)22/h5-6,12,16H,2-4,7-8H2,1H3,(H,19,20)(H,21,22). The first-order valence-corrected chi connectivity index (χ1v) is 7.32. The Balaban J connectivity index is 1.95. The maximum Gasteiger partial charge on any atom is 0.323 e. The molecule has 1 aromatic rings. The summed E-state index contributed by atoms with van der Waals surface area (Å²) in [7, 11) is 0. The van der Waals surface area contributed by atoms with E-state index in [9.17, 15) is 9.59 Å². The number of hydrogen-bond donors (Lipinski definition) is 3. The molecule has 118 valence electrons. The number of hydrogen-bond acceptors (Lipinski definition) is 5. The van der Waals surface area contributed by atoms with Crippen LogP contribution in [-0.2, 0) is 9.59 Å². The summed E-state index contributed by atoms with van der Waals surface area (Å²) < 4.78 is 0. The summed E-state index contributed by atoms with van der Waals surface area (Å²) in [5.74, 6) is -2.09. The van der Waals surface area contributed by atoms with Gasteiger partial charge < -0.3 is 20.5 Å². The van der Waals surface area contributed by atoms with Crippen LogP contribution in [0.25, 0.3) is 0 Å². The van der Waals surface area contributed by atoms with E-state index in [0.29, 0.717) is 11.7 Å². The van der Waals surface area contributed by atoms with Crippen LogP contribution in [0.15, 0.2) is 12.1 Å². The van der Waals surface area contributed by atoms with E-state index in [-0.39, 0.29) is 13.1 Å². The van der Waals surface area contributed by atoms with Crippen molar-refractivity contribution in [2.24, 2.45) is 0 Å². The minimum absolute atomic E-state index is 0.334. The number of benzene rings is 1. The average molecular weight is 305 g/mol. The highest BCUT2D eigenvalue weighted by Crippen LogP contribution is 2.44. The highest BCUT2D eigenvalue weighted by molar-refractivity contribution is 5.81. The van der Waals surface area contributed by atoms with Crippen molar-refractivity contribution in [1.82, 2.24) is 5.01 Å². The summed E-state index contributed by atoms with van der Waals surface area (Å²) in [5.41, 5.74) is 7.05. The van der Waals surface area contributed by atoms with Gasteiger partial charge in [-0.1, -0.05) is 6.07 Å². The number of rotatable bonds is 5. The third-order valence-corrected chi connectivity index (χ3v) is 4.24. The molecule has 7 heteroatoms. The number of nitrogens with one attached hydrogen (secondary N) is 1. The van der Waals surface area contributed by atoms with Crippen molar-refractivity contribution in [3.63, 3.8) is 0 Å². The predicted octanol–water partition coefficient (Wildman–Crippen LogP) is 1.45. The highest BCUT2D eigenvalue weighted by Gasteiger charge is 2.34. The van der Waals surface area contributed by atoms with Gasteiger partial charge in [-0.25, -0.2) is 5.01 Å². The van der Waals surface area contributed by atoms with E-state index in [0.717, 1.165) is 30.6 Å². The smallest absolute Gasteiger partial charge is 0.323 e. The van der Waals surface area contributed by atoms with E-state index in [1.807, 2.05) is 19.1 Å². The van der Waals surface area contributed by atoms with Crippen molar-refractivity contribution in [2.75, 3.05) is 30.0 Å². The molecule has 22 heavy (non-hydrogen) atoms. The number of fused-ring (bicyclic) bond motifs is 3. The van der Waals surface area contributed by atoms with Gasteiger partial charge in [0, 0.05) is 12.2 Å². The predicted molar refractivity (Wildman–Crippen MR) is 81.0 cm³/mol. The van der Waals surface area contributed by atoms with Crippen molar-refractivity contribution in [2.45, 2.75) is 25.8 Å². The van der Waals surface area contributed by atoms with Crippen LogP contribution in [0.3, 0.4) is 0 Å². The fraction of sp³-hybridized carbons (Fsp3) is 0.467. The number of carbonyl (C=O) groups is 2. The number of aryl methyl sites for hydroxylation is 1. The highest BCUT2D eigenvalue weighted by atomic mass is 16.4. The summed E-state index contributed by atoms with van der Waals surface area (Å²) >= 11 is 0. The molecule has 1 atom stereocenters. The normalized spacial score (nSPS) is 19.4. The Kier molecular flexibility index (Phi) is 3.66. The summed E-state index contributed by atoms with van der Waals surface area (Å²) in [5, 5.41) is 20.2. The molecule has 3 N–H and O–H groups in total. The number of nitrogens with zero attached hydrogens (tertiary/aromatic N) is 2. The van der Waals surface area contributed by atoms with E-state index in [1.54, 1.807) is 0 Å². The number of anilines is 2. The molecule has 2 aliphatic heterocycles. The Hall–Kier alpha value is -2.28. The quantitative estimate of drug-likeness (QED) is 0.758. The topological polar surface area (TPSA) is 93.1 Å². The minimum atomic E-state index is -1.05. The first-order chi connectivity index (χ1) is 10.5. The lowest BCUT2D eigenvalue weighted by molar-refractivity contribution is -0.136. The van der Waals surface area contributed by atoms with Crippen LogP contribution in [0.2, 0.25) is 0 Å². The maximum atomic E-state index is 11.0. The van der Waals surface area contributed by atoms with Crippen LogP contribution in [0.1, 0.15) is 30.0 Å². The molecule has 1 fully saturated rings. The first-order valence-electron chi connectivity index (χ1n) is 7.32. The van der Waals surface area contributed by atoms with Gasteiger partial charge in [0.25, 0.3) is 0 Å². The third kappa shape index (κ3) is 2.59. The van der Waals surface area contributed by atoms with Crippen LogP contribution < -0.4 is 10.3 Å². The zero-order valence-electron chi connectivity index (χ0n) is 12.4. The van der Waals surface area contributed by atoms with Crippen LogP contribution >= 0.6 is 0 Å². The molecular weight excluding hydrogens is 286 g/mol. The molecule has 0 radical (unpaired) electrons. The average Bonchev–Trinajstić information content (AvgIpc) is 2.97. The van der Waals surface area contributed by atoms with Gasteiger partial charge in [0.2, 0.25) is 0 Å². The molecule has 0 aromatic heterocycles. The van der Waals surface area contributed by atoms with Crippen LogP contribution in [-0.4, -0.2) is 46.8 Å². The first kappa shape index (κ1) is 14.6. The van der Waals surface area contributed by atoms with E-state index in [1.165, 1.54) is 10.5 Å². The SMILES string of the molecule is Cc1cc2c(cc1N(CC(=O)O)CC(=O)O)NN1CCCC21. The maximum absolute atomic E-state index is 11.0. The van der Waals surface area contributed by atoms with Gasteiger partial charge in [0.1, 0.15) is 13.1 Å². The second-order valence-electron chi connectivity index (χ2n) is 5.83. The lowest BCUT2D eigenvalue weighted by Crippen LogP contribution is -2.35. The molecule has 0 saturated carbocycles. The lowest BCUT2D eigenvalue weighted by atomic mass is 10.0. The van der Waals surface area contributed by atoms with Crippen molar-refractivity contribution >= 4 is 23.3 Å². The third-order valence-electron chi connectivity index (χ3n) is 4.24. The Labute approximate surface area is 128 Å². The van der Waals surface area contributed by atoms with Gasteiger partial charge >= 0.3 is 11.9 Å². The fourth-order valence-electron chi connectivity index (χ4n) is 3.36. The molecule has 7 nitrogen and oxygen atoms in total. The number of carboxylic acids is 2. The molecule has 2 aliphatic rings. The van der Waals surface area contributed by atoms with Crippen LogP contribution in [0, 0.1) is 6.92 Å². The van der Waals surface area contributed by atoms with Gasteiger partial charge in [0.15, 0.2) is 0 Å². The van der Waals surface area contributed by atoms with E-state index in [2.05, 4.69) is 10.4 Å². The van der Waals surface area contributed by atoms with Crippen LogP contribution in [0.5, 0.6) is 0 Å². The van der Waals surface area contributed by atoms with Crippen molar-refractivity contribution in [3.05, 3.63) is 23.3 Å². The molecule has 0 amide bonds. The van der Waals surface area contributed by atoms with Crippen molar-refractivity contribution in [3.8, 4) is 0 Å². The number of hydrazine groups is 1. The zero-order valence-corrected chi connectivity index (χ0v) is 12.4. The molecule has 2 heterocycles. The molecule has 1 aromatic carbocycles. The Morgan fingerprint density at radius 1 is 1.32 bits per heavy atom. The number of aliphatic carboxylic acids is 2. The Morgan fingerprint density at radius 2 is 2.00 bits per heavy atom. The van der Waals surface area contributed by atoms with Gasteiger partial charge in [-0.2, -0.15) is 0 Å². The summed E-state index contributed by atoms with van der Waals surface area (Å²) in [6, 6.07) is 4.29. The number of carboxylic acid groups (broad SMARTS) is 2. The fourth-order valence-corrected chi connectivity index (χ4v) is 3.36. The molecule has 0 bridgehead atoms. The molecule has 3 rings (SSSR count). The molecule has 0 aliphatic carbocycles. The van der Waals surface area contributed by atoms with E-state index >= 15 is 0 Å². The van der Waals surface area contributed by atoms with Crippen molar-refractivity contribution in [1.29, 1.82) is 0 Å². The largest absolute Gasteiger partial charge is 0.480 e. The summed E-state index contributed by atoms with van der Waals surface area (Å²) in [4.78, 5) is 23.4. The lowest BCUT2D eigenvalue weighted by Gasteiger charge is -2.23.